The molecule has 0 amide bonds. The number of nitrogens with zero attached hydrogens (tertiary/aromatic N) is 3. The summed E-state index contributed by atoms with van der Waals surface area (Å²) in [5.74, 6) is 0.870. The van der Waals surface area contributed by atoms with Gasteiger partial charge in [0.25, 0.3) is 0 Å². The highest BCUT2D eigenvalue weighted by Gasteiger charge is 2.29. The number of aliphatic imine (C=N–C) groups is 1. The van der Waals surface area contributed by atoms with Crippen LogP contribution in [0.1, 0.15) is 25.3 Å². The molecule has 2 saturated heterocycles. The highest BCUT2D eigenvalue weighted by molar-refractivity contribution is 14.0. The van der Waals surface area contributed by atoms with Crippen molar-refractivity contribution in [3.63, 3.8) is 0 Å². The van der Waals surface area contributed by atoms with Gasteiger partial charge in [-0.15, -0.1) is 24.0 Å². The van der Waals surface area contributed by atoms with Crippen LogP contribution in [0.4, 0.5) is 0 Å². The molecule has 0 saturated carbocycles. The molecule has 0 aliphatic carbocycles. The molecule has 6 nitrogen and oxygen atoms in total. The molecule has 1 aromatic rings. The summed E-state index contributed by atoms with van der Waals surface area (Å²) < 4.78 is 5.83. The van der Waals surface area contributed by atoms with Crippen molar-refractivity contribution in [1.82, 2.24) is 20.4 Å². The lowest BCUT2D eigenvalue weighted by Gasteiger charge is -2.34. The van der Waals surface area contributed by atoms with Gasteiger partial charge in [-0.25, -0.2) is 0 Å². The van der Waals surface area contributed by atoms with Crippen LogP contribution in [-0.4, -0.2) is 80.8 Å². The maximum absolute atomic E-state index is 5.83. The summed E-state index contributed by atoms with van der Waals surface area (Å²) in [6.45, 7) is 11.4. The van der Waals surface area contributed by atoms with Crippen molar-refractivity contribution < 1.29 is 4.74 Å². The van der Waals surface area contributed by atoms with Gasteiger partial charge in [-0.1, -0.05) is 30.3 Å². The maximum atomic E-state index is 5.83. The van der Waals surface area contributed by atoms with E-state index in [-0.39, 0.29) is 29.6 Å². The largest absolute Gasteiger partial charge is 0.373 e. The average molecular weight is 501 g/mol. The zero-order valence-corrected chi connectivity index (χ0v) is 19.7. The lowest BCUT2D eigenvalue weighted by Crippen LogP contribution is -2.50. The van der Waals surface area contributed by atoms with Crippen molar-refractivity contribution in [1.29, 1.82) is 0 Å². The molecule has 2 N–H and O–H groups in total. The Balaban J connectivity index is 0.00000280. The Morgan fingerprint density at radius 2 is 1.82 bits per heavy atom. The van der Waals surface area contributed by atoms with Gasteiger partial charge in [-0.2, -0.15) is 0 Å². The Morgan fingerprint density at radius 3 is 2.46 bits per heavy atom. The van der Waals surface area contributed by atoms with Crippen LogP contribution >= 0.6 is 24.0 Å². The highest BCUT2D eigenvalue weighted by atomic mass is 127. The molecule has 158 valence electrons. The summed E-state index contributed by atoms with van der Waals surface area (Å²) in [7, 11) is 1.83. The van der Waals surface area contributed by atoms with E-state index in [2.05, 4.69) is 62.7 Å². The Morgan fingerprint density at radius 1 is 1.11 bits per heavy atom. The molecule has 28 heavy (non-hydrogen) atoms. The Hall–Kier alpha value is -0.900. The number of hydrogen-bond acceptors (Lipinski definition) is 4. The van der Waals surface area contributed by atoms with Crippen molar-refractivity contribution in [3.05, 3.63) is 35.9 Å². The third-order valence-electron chi connectivity index (χ3n) is 5.59. The predicted molar refractivity (Wildman–Crippen MR) is 127 cm³/mol. The van der Waals surface area contributed by atoms with E-state index in [4.69, 9.17) is 4.74 Å². The second-order valence-electron chi connectivity index (χ2n) is 7.86. The van der Waals surface area contributed by atoms with Gasteiger partial charge in [-0.3, -0.25) is 14.8 Å². The molecule has 2 aliphatic rings. The number of halogens is 1. The van der Waals surface area contributed by atoms with Crippen molar-refractivity contribution in [3.8, 4) is 0 Å². The van der Waals surface area contributed by atoms with Crippen LogP contribution < -0.4 is 10.6 Å². The lowest BCUT2D eigenvalue weighted by molar-refractivity contribution is 0.0242. The molecule has 2 heterocycles. The normalized spacial score (nSPS) is 24.0. The molecule has 0 spiro atoms. The number of piperazine rings is 1. The van der Waals surface area contributed by atoms with Crippen LogP contribution in [0.2, 0.25) is 0 Å². The van der Waals surface area contributed by atoms with Crippen LogP contribution in [0.5, 0.6) is 0 Å². The zero-order chi connectivity index (χ0) is 19.0. The van der Waals surface area contributed by atoms with Gasteiger partial charge in [0.1, 0.15) is 0 Å². The molecule has 1 atom stereocenters. The molecule has 0 bridgehead atoms. The smallest absolute Gasteiger partial charge is 0.191 e. The fourth-order valence-corrected chi connectivity index (χ4v) is 3.81. The van der Waals surface area contributed by atoms with Crippen LogP contribution in [0, 0.1) is 0 Å². The standard InChI is InChI=1S/C21H35N5O.HI/c1-21(9-6-16-27-21)18-24-20(22-2)23-10-11-25-12-14-26(15-13-25)17-19-7-4-3-5-8-19;/h3-5,7-8H,6,9-18H2,1-2H3,(H2,22,23,24);1H. The topological polar surface area (TPSA) is 52.1 Å². The number of ether oxygens (including phenoxy) is 1. The second kappa shape index (κ2) is 11.9. The van der Waals surface area contributed by atoms with Gasteiger partial charge in [0, 0.05) is 66.0 Å². The minimum Gasteiger partial charge on any atom is -0.373 e. The van der Waals surface area contributed by atoms with E-state index >= 15 is 0 Å². The van der Waals surface area contributed by atoms with Crippen molar-refractivity contribution in [2.75, 3.05) is 59.5 Å². The Bertz CT molecular complexity index is 584. The van der Waals surface area contributed by atoms with Crippen molar-refractivity contribution in [2.24, 2.45) is 4.99 Å². The van der Waals surface area contributed by atoms with Crippen LogP contribution in [-0.2, 0) is 11.3 Å². The minimum absolute atomic E-state index is 0. The molecule has 2 aliphatic heterocycles. The first-order valence-corrected chi connectivity index (χ1v) is 10.2. The van der Waals surface area contributed by atoms with Crippen LogP contribution in [0.3, 0.4) is 0 Å². The van der Waals surface area contributed by atoms with Gasteiger partial charge in [0.05, 0.1) is 5.60 Å². The molecule has 0 aromatic heterocycles. The fraction of sp³-hybridized carbons (Fsp3) is 0.667. The van der Waals surface area contributed by atoms with Gasteiger partial charge >= 0.3 is 0 Å². The van der Waals surface area contributed by atoms with Gasteiger partial charge in [-0.05, 0) is 25.3 Å². The molecule has 7 heteroatoms. The van der Waals surface area contributed by atoms with Crippen molar-refractivity contribution >= 4 is 29.9 Å². The molecule has 0 radical (unpaired) electrons. The number of nitrogens with one attached hydrogen (secondary N) is 2. The molecular formula is C21H36IN5O. The first-order chi connectivity index (χ1) is 13.2. The molecule has 1 aromatic carbocycles. The van der Waals surface area contributed by atoms with Crippen LogP contribution in [0.15, 0.2) is 35.3 Å². The average Bonchev–Trinajstić information content (AvgIpc) is 3.13. The number of benzene rings is 1. The summed E-state index contributed by atoms with van der Waals surface area (Å²) in [4.78, 5) is 9.41. The van der Waals surface area contributed by atoms with Crippen LogP contribution in [0.25, 0.3) is 0 Å². The summed E-state index contributed by atoms with van der Waals surface area (Å²) in [5, 5.41) is 6.85. The summed E-state index contributed by atoms with van der Waals surface area (Å²) >= 11 is 0. The Labute approximate surface area is 187 Å². The van der Waals surface area contributed by atoms with Gasteiger partial charge in [0.2, 0.25) is 0 Å². The zero-order valence-electron chi connectivity index (χ0n) is 17.3. The van der Waals surface area contributed by atoms with E-state index < -0.39 is 0 Å². The molecular weight excluding hydrogens is 465 g/mol. The minimum atomic E-state index is -0.0489. The van der Waals surface area contributed by atoms with E-state index in [1.54, 1.807) is 0 Å². The van der Waals surface area contributed by atoms with E-state index in [1.807, 2.05) is 7.05 Å². The first-order valence-electron chi connectivity index (χ1n) is 10.2. The van der Waals surface area contributed by atoms with E-state index in [0.717, 1.165) is 77.8 Å². The summed E-state index contributed by atoms with van der Waals surface area (Å²) in [5.41, 5.74) is 1.36. The van der Waals surface area contributed by atoms with E-state index in [0.29, 0.717) is 0 Å². The van der Waals surface area contributed by atoms with Gasteiger partial charge < -0.3 is 15.4 Å². The van der Waals surface area contributed by atoms with E-state index in [9.17, 15) is 0 Å². The SMILES string of the molecule is CN=C(NCCN1CCN(Cc2ccccc2)CC1)NCC1(C)CCCO1.I. The monoisotopic (exact) mass is 501 g/mol. The fourth-order valence-electron chi connectivity index (χ4n) is 3.81. The highest BCUT2D eigenvalue weighted by Crippen LogP contribution is 2.23. The van der Waals surface area contributed by atoms with E-state index in [1.165, 1.54) is 5.56 Å². The molecule has 2 fully saturated rings. The number of hydrogen-bond donors (Lipinski definition) is 2. The predicted octanol–water partition coefficient (Wildman–Crippen LogP) is 2.16. The van der Waals surface area contributed by atoms with Crippen molar-refractivity contribution in [2.45, 2.75) is 31.9 Å². The third kappa shape index (κ3) is 7.50. The first kappa shape index (κ1) is 23.4. The second-order valence-corrected chi connectivity index (χ2v) is 7.86. The van der Waals surface area contributed by atoms with Gasteiger partial charge in [0.15, 0.2) is 5.96 Å². The summed E-state index contributed by atoms with van der Waals surface area (Å²) in [6.07, 6.45) is 2.27. The molecule has 1 unspecified atom stereocenters. The maximum Gasteiger partial charge on any atom is 0.191 e. The quantitative estimate of drug-likeness (QED) is 0.341. The molecule has 3 rings (SSSR count). The third-order valence-corrected chi connectivity index (χ3v) is 5.59. The lowest BCUT2D eigenvalue weighted by atomic mass is 10.0. The Kier molecular flexibility index (Phi) is 9.98. The number of guanidine groups is 1. The number of rotatable bonds is 7. The summed E-state index contributed by atoms with van der Waals surface area (Å²) in [6, 6.07) is 10.8.